The first kappa shape index (κ1) is 10.9. The number of aryl methyl sites for hydroxylation is 1. The molecule has 76 valence electrons. The second-order valence-corrected chi connectivity index (χ2v) is 5.32. The van der Waals surface area contributed by atoms with E-state index in [2.05, 4.69) is 14.1 Å². The van der Waals surface area contributed by atoms with Crippen LogP contribution in [0.5, 0.6) is 0 Å². The standard InChI is InChI=1S/C6H8N4O2S2/c1-4(3-7)14(11,12)10-6-8-5(2)9-13-6/h4H,1-2H3,(H,8,9,10). The largest absolute Gasteiger partial charge is 0.256 e. The Bertz CT molecular complexity index is 458. The second-order valence-electron chi connectivity index (χ2n) is 2.57. The summed E-state index contributed by atoms with van der Waals surface area (Å²) in [6.07, 6.45) is 0. The Morgan fingerprint density at radius 2 is 2.29 bits per heavy atom. The first-order valence-corrected chi connectivity index (χ1v) is 5.99. The summed E-state index contributed by atoms with van der Waals surface area (Å²) >= 11 is 0.944. The molecule has 0 aromatic carbocycles. The molecule has 1 unspecified atom stereocenters. The van der Waals surface area contributed by atoms with Gasteiger partial charge in [-0.15, -0.1) is 0 Å². The summed E-state index contributed by atoms with van der Waals surface area (Å²) in [5.74, 6) is 0.498. The van der Waals surface area contributed by atoms with Crippen molar-refractivity contribution in [2.45, 2.75) is 19.1 Å². The van der Waals surface area contributed by atoms with Crippen LogP contribution in [0.4, 0.5) is 5.13 Å². The van der Waals surface area contributed by atoms with Gasteiger partial charge in [0, 0.05) is 11.5 Å². The highest BCUT2D eigenvalue weighted by atomic mass is 32.2. The molecule has 0 fully saturated rings. The number of rotatable bonds is 3. The van der Waals surface area contributed by atoms with Crippen LogP contribution in [-0.4, -0.2) is 23.0 Å². The number of hydrogen-bond acceptors (Lipinski definition) is 6. The van der Waals surface area contributed by atoms with Crippen molar-refractivity contribution in [1.29, 1.82) is 5.26 Å². The van der Waals surface area contributed by atoms with Crippen molar-refractivity contribution in [2.75, 3.05) is 4.72 Å². The van der Waals surface area contributed by atoms with Crippen molar-refractivity contribution in [3.63, 3.8) is 0 Å². The minimum atomic E-state index is -3.65. The summed E-state index contributed by atoms with van der Waals surface area (Å²) in [7, 11) is -3.65. The number of hydrogen-bond donors (Lipinski definition) is 1. The van der Waals surface area contributed by atoms with E-state index in [1.807, 2.05) is 0 Å². The zero-order valence-electron chi connectivity index (χ0n) is 7.55. The van der Waals surface area contributed by atoms with Gasteiger partial charge in [-0.25, -0.2) is 13.4 Å². The first-order valence-electron chi connectivity index (χ1n) is 3.67. The smallest absolute Gasteiger partial charge is 0.250 e. The molecule has 6 nitrogen and oxygen atoms in total. The fourth-order valence-corrected chi connectivity index (χ4v) is 2.15. The predicted molar refractivity (Wildman–Crippen MR) is 52.3 cm³/mol. The number of nitriles is 1. The average molecular weight is 232 g/mol. The lowest BCUT2D eigenvalue weighted by Crippen LogP contribution is -2.23. The van der Waals surface area contributed by atoms with E-state index in [4.69, 9.17) is 5.26 Å². The fourth-order valence-electron chi connectivity index (χ4n) is 0.618. The molecular formula is C6H8N4O2S2. The number of nitrogens with zero attached hydrogens (tertiary/aromatic N) is 3. The topological polar surface area (TPSA) is 95.7 Å². The molecule has 0 saturated heterocycles. The molecule has 14 heavy (non-hydrogen) atoms. The van der Waals surface area contributed by atoms with Crippen LogP contribution in [0.15, 0.2) is 0 Å². The van der Waals surface area contributed by atoms with Crippen LogP contribution in [0.1, 0.15) is 12.7 Å². The van der Waals surface area contributed by atoms with Crippen LogP contribution < -0.4 is 4.72 Å². The van der Waals surface area contributed by atoms with Gasteiger partial charge in [-0.05, 0) is 13.8 Å². The second kappa shape index (κ2) is 3.89. The number of nitrogens with one attached hydrogen (secondary N) is 1. The highest BCUT2D eigenvalue weighted by Gasteiger charge is 2.21. The van der Waals surface area contributed by atoms with Crippen molar-refractivity contribution in [3.8, 4) is 6.07 Å². The van der Waals surface area contributed by atoms with Crippen molar-refractivity contribution in [3.05, 3.63) is 5.82 Å². The fraction of sp³-hybridized carbons (Fsp3) is 0.500. The van der Waals surface area contributed by atoms with Gasteiger partial charge in [-0.3, -0.25) is 4.72 Å². The van der Waals surface area contributed by atoms with Crippen molar-refractivity contribution in [2.24, 2.45) is 0 Å². The first-order chi connectivity index (χ1) is 6.45. The third-order valence-corrected chi connectivity index (χ3v) is 3.77. The Morgan fingerprint density at radius 1 is 1.64 bits per heavy atom. The Hall–Kier alpha value is -1.20. The van der Waals surface area contributed by atoms with Gasteiger partial charge in [0.25, 0.3) is 10.0 Å². The van der Waals surface area contributed by atoms with Crippen LogP contribution in [0.25, 0.3) is 0 Å². The molecule has 1 aromatic heterocycles. The van der Waals surface area contributed by atoms with Gasteiger partial charge in [-0.2, -0.15) is 9.64 Å². The molecule has 1 rings (SSSR count). The average Bonchev–Trinajstić information content (AvgIpc) is 2.48. The van der Waals surface area contributed by atoms with E-state index in [0.717, 1.165) is 11.5 Å². The van der Waals surface area contributed by atoms with Crippen LogP contribution in [0.3, 0.4) is 0 Å². The minimum Gasteiger partial charge on any atom is -0.256 e. The maximum absolute atomic E-state index is 11.3. The summed E-state index contributed by atoms with van der Waals surface area (Å²) in [5.41, 5.74) is 0. The molecule has 1 aromatic rings. The predicted octanol–water partition coefficient (Wildman–Crippen LogP) is 0.500. The summed E-state index contributed by atoms with van der Waals surface area (Å²) < 4.78 is 28.7. The minimum absolute atomic E-state index is 0.185. The molecule has 1 atom stereocenters. The summed E-state index contributed by atoms with van der Waals surface area (Å²) in [6, 6.07) is 1.64. The van der Waals surface area contributed by atoms with Gasteiger partial charge in [-0.1, -0.05) is 0 Å². The molecule has 0 aliphatic rings. The summed E-state index contributed by atoms with van der Waals surface area (Å²) in [4.78, 5) is 3.82. The van der Waals surface area contributed by atoms with E-state index in [1.165, 1.54) is 6.92 Å². The quantitative estimate of drug-likeness (QED) is 0.818. The molecule has 0 bridgehead atoms. The summed E-state index contributed by atoms with van der Waals surface area (Å²) in [6.45, 7) is 2.96. The van der Waals surface area contributed by atoms with Gasteiger partial charge in [0.2, 0.25) is 5.13 Å². The lowest BCUT2D eigenvalue weighted by atomic mass is 10.5. The number of aromatic nitrogens is 2. The maximum atomic E-state index is 11.3. The Labute approximate surface area is 85.8 Å². The lowest BCUT2D eigenvalue weighted by Gasteiger charge is -2.04. The third kappa shape index (κ3) is 2.40. The van der Waals surface area contributed by atoms with Crippen LogP contribution >= 0.6 is 11.5 Å². The van der Waals surface area contributed by atoms with E-state index >= 15 is 0 Å². The number of anilines is 1. The van der Waals surface area contributed by atoms with Crippen LogP contribution in [-0.2, 0) is 10.0 Å². The lowest BCUT2D eigenvalue weighted by molar-refractivity contribution is 0.597. The van der Waals surface area contributed by atoms with E-state index < -0.39 is 15.3 Å². The molecule has 0 saturated carbocycles. The molecule has 0 spiro atoms. The zero-order valence-corrected chi connectivity index (χ0v) is 9.18. The van der Waals surface area contributed by atoms with Gasteiger partial charge in [0.1, 0.15) is 5.82 Å². The highest BCUT2D eigenvalue weighted by molar-refractivity contribution is 7.93. The molecule has 8 heteroatoms. The van der Waals surface area contributed by atoms with Crippen molar-refractivity contribution >= 4 is 26.7 Å². The molecular weight excluding hydrogens is 224 g/mol. The van der Waals surface area contributed by atoms with Gasteiger partial charge in [0.15, 0.2) is 5.25 Å². The van der Waals surface area contributed by atoms with E-state index in [9.17, 15) is 8.42 Å². The molecule has 0 amide bonds. The van der Waals surface area contributed by atoms with Gasteiger partial charge >= 0.3 is 0 Å². The molecule has 1 N–H and O–H groups in total. The van der Waals surface area contributed by atoms with E-state index in [-0.39, 0.29) is 5.13 Å². The summed E-state index contributed by atoms with van der Waals surface area (Å²) in [5, 5.41) is 7.53. The van der Waals surface area contributed by atoms with Crippen molar-refractivity contribution < 1.29 is 8.42 Å². The Kier molecular flexibility index (Phi) is 3.03. The normalized spacial score (nSPS) is 13.2. The molecule has 1 heterocycles. The highest BCUT2D eigenvalue weighted by Crippen LogP contribution is 2.13. The van der Waals surface area contributed by atoms with Crippen molar-refractivity contribution in [1.82, 2.24) is 9.36 Å². The molecule has 0 radical (unpaired) electrons. The van der Waals surface area contributed by atoms with Gasteiger partial charge < -0.3 is 0 Å². The Balaban J connectivity index is 2.85. The monoisotopic (exact) mass is 232 g/mol. The van der Waals surface area contributed by atoms with E-state index in [1.54, 1.807) is 13.0 Å². The Morgan fingerprint density at radius 3 is 2.71 bits per heavy atom. The van der Waals surface area contributed by atoms with Crippen LogP contribution in [0, 0.1) is 18.3 Å². The third-order valence-electron chi connectivity index (χ3n) is 1.40. The SMILES string of the molecule is Cc1nsc(NS(=O)(=O)C(C)C#N)n1. The number of sulfonamides is 1. The molecule has 0 aliphatic heterocycles. The molecule has 0 aliphatic carbocycles. The van der Waals surface area contributed by atoms with Gasteiger partial charge in [0.05, 0.1) is 6.07 Å². The zero-order chi connectivity index (χ0) is 10.8. The van der Waals surface area contributed by atoms with E-state index in [0.29, 0.717) is 5.82 Å². The maximum Gasteiger partial charge on any atom is 0.250 e. The van der Waals surface area contributed by atoms with Crippen LogP contribution in [0.2, 0.25) is 0 Å².